The number of rotatable bonds is 9. The second-order valence-corrected chi connectivity index (χ2v) is 134. The van der Waals surface area contributed by atoms with Crippen molar-refractivity contribution in [2.24, 2.45) is 0 Å². The molecule has 0 amide bonds. The molecule has 0 bridgehead atoms. The van der Waals surface area contributed by atoms with Gasteiger partial charge in [-0.1, -0.05) is 144 Å². The van der Waals surface area contributed by atoms with E-state index < -0.39 is 72.1 Å². The lowest BCUT2D eigenvalue weighted by Crippen LogP contribution is -2.94. The first-order valence-corrected chi connectivity index (χ1v) is 53.2. The van der Waals surface area contributed by atoms with Gasteiger partial charge >= 0.3 is 0 Å². The first-order chi connectivity index (χ1) is 13.2. The van der Waals surface area contributed by atoms with E-state index in [-0.39, 0.29) is 0 Å². The van der Waals surface area contributed by atoms with Gasteiger partial charge in [-0.25, -0.2) is 0 Å². The molecule has 0 aromatic heterocycles. The van der Waals surface area contributed by atoms with Crippen LogP contribution in [0, 0.1) is 0 Å². The monoisotopic (exact) mass is 610 g/mol. The molecule has 0 atom stereocenters. The first kappa shape index (κ1) is 34.2. The summed E-state index contributed by atoms with van der Waals surface area (Å²) in [4.78, 5) is 0. The van der Waals surface area contributed by atoms with E-state index in [4.69, 9.17) is 0 Å². The molecule has 10 heteroatoms. The molecule has 0 aliphatic rings. The summed E-state index contributed by atoms with van der Waals surface area (Å²) in [5, 5.41) is 0. The van der Waals surface area contributed by atoms with Crippen molar-refractivity contribution >= 4 is 72.1 Å². The van der Waals surface area contributed by atoms with E-state index in [9.17, 15) is 0 Å². The van der Waals surface area contributed by atoms with Crippen LogP contribution in [-0.4, -0.2) is 72.1 Å². The van der Waals surface area contributed by atoms with Crippen LogP contribution in [0.3, 0.4) is 0 Å². The molecule has 0 aliphatic heterocycles. The van der Waals surface area contributed by atoms with Gasteiger partial charge in [-0.2, -0.15) is 0 Å². The highest BCUT2D eigenvalue weighted by molar-refractivity contribution is 8.07. The fourth-order valence-corrected chi connectivity index (χ4v) is 319. The summed E-state index contributed by atoms with van der Waals surface area (Å²) >= 11 is 0. The Morgan fingerprint density at radius 1 is 0.156 bits per heavy atom. The first-order valence-electron chi connectivity index (χ1n) is 13.2. The Balaban J connectivity index is 7.00. The van der Waals surface area contributed by atoms with Gasteiger partial charge in [0.15, 0.2) is 0 Å². The van der Waals surface area contributed by atoms with E-state index in [0.29, 0.717) is 0 Å². The molecule has 0 rings (SSSR count). The molecule has 32 heavy (non-hydrogen) atoms. The lowest BCUT2D eigenvalue weighted by Gasteiger charge is -2.67. The van der Waals surface area contributed by atoms with Crippen LogP contribution in [-0.2, 0) is 0 Å². The Kier molecular flexibility index (Phi) is 9.48. The maximum atomic E-state index is 2.98. The van der Waals surface area contributed by atoms with Gasteiger partial charge in [0.2, 0.25) is 0 Å². The molecule has 0 aromatic rings. The zero-order valence-electron chi connectivity index (χ0n) is 27.0. The third-order valence-electron chi connectivity index (χ3n) is 14.7. The summed E-state index contributed by atoms with van der Waals surface area (Å²) < 4.78 is 0. The summed E-state index contributed by atoms with van der Waals surface area (Å²) in [6, 6.07) is 0. The van der Waals surface area contributed by atoms with Gasteiger partial charge < -0.3 is 0 Å². The summed E-state index contributed by atoms with van der Waals surface area (Å²) in [6.45, 7) is 63.4. The van der Waals surface area contributed by atoms with E-state index in [0.717, 1.165) is 0 Å². The summed E-state index contributed by atoms with van der Waals surface area (Å²) in [7, 11) is -12.4. The molecule has 194 valence electrons. The van der Waals surface area contributed by atoms with Crippen molar-refractivity contribution < 1.29 is 0 Å². The van der Waals surface area contributed by atoms with Crippen LogP contribution >= 0.6 is 0 Å². The van der Waals surface area contributed by atoms with Crippen LogP contribution < -0.4 is 0 Å². The van der Waals surface area contributed by atoms with Gasteiger partial charge in [0.05, 0.1) is 0 Å². The standard InChI is InChI=1S/C22H66Si10/c1-23(2,3)25(7,8)27(11,12)29(15,16)31(19,20)32(21,22)30(17,18)28(13,14)26(9,10)24(4,5)6/h1-22H3. The van der Waals surface area contributed by atoms with E-state index in [1.807, 2.05) is 0 Å². The van der Waals surface area contributed by atoms with Crippen molar-refractivity contribution in [3.05, 3.63) is 0 Å². The van der Waals surface area contributed by atoms with E-state index in [1.54, 1.807) is 0 Å². The summed E-state index contributed by atoms with van der Waals surface area (Å²) in [5.41, 5.74) is 0. The Bertz CT molecular complexity index is 626. The van der Waals surface area contributed by atoms with Gasteiger partial charge in [-0.3, -0.25) is 0 Å². The summed E-state index contributed by atoms with van der Waals surface area (Å²) in [6.07, 6.45) is 0. The van der Waals surface area contributed by atoms with Crippen LogP contribution in [0.2, 0.25) is 144 Å². The van der Waals surface area contributed by atoms with Crippen LogP contribution in [0.25, 0.3) is 0 Å². The highest BCUT2D eigenvalue weighted by Crippen LogP contribution is 2.47. The SMILES string of the molecule is C[Si](C)(C)[Si](C)(C)[Si](C)(C)[Si](C)(C)[Si](C)(C)[Si](C)(C)[Si](C)(C)[Si](C)(C)[Si](C)(C)[Si](C)(C)C. The predicted octanol–water partition coefficient (Wildman–Crippen LogP) is 9.04. The van der Waals surface area contributed by atoms with Crippen LogP contribution in [0.4, 0.5) is 0 Å². The van der Waals surface area contributed by atoms with Crippen LogP contribution in [0.5, 0.6) is 0 Å². The Labute approximate surface area is 214 Å². The largest absolute Gasteiger partial charge is 0.0735 e. The lowest BCUT2D eigenvalue weighted by atomic mass is 11.8. The number of hydrogen-bond donors (Lipinski definition) is 0. The van der Waals surface area contributed by atoms with E-state index in [2.05, 4.69) is 144 Å². The minimum Gasteiger partial charge on any atom is -0.0735 e. The second kappa shape index (κ2) is 8.88. The normalized spacial score (nSPS) is 17.1. The smallest absolute Gasteiger partial charge is 0.0354 e. The highest BCUT2D eigenvalue weighted by Gasteiger charge is 2.71. The lowest BCUT2D eigenvalue weighted by molar-refractivity contribution is 1.71. The fraction of sp³-hybridized carbons (Fsp3) is 1.00. The molecule has 0 spiro atoms. The van der Waals surface area contributed by atoms with Crippen molar-refractivity contribution in [3.8, 4) is 0 Å². The molecule has 0 aromatic carbocycles. The minimum atomic E-state index is -1.34. The summed E-state index contributed by atoms with van der Waals surface area (Å²) in [5.74, 6) is 0. The van der Waals surface area contributed by atoms with Gasteiger partial charge in [0.1, 0.15) is 0 Å². The number of hydrogen-bond acceptors (Lipinski definition) is 0. The molecular weight excluding hydrogens is 545 g/mol. The van der Waals surface area contributed by atoms with E-state index >= 15 is 0 Å². The van der Waals surface area contributed by atoms with Gasteiger partial charge in [0, 0.05) is 72.1 Å². The highest BCUT2D eigenvalue weighted by atomic mass is 30.1. The molecule has 0 nitrogen and oxygen atoms in total. The second-order valence-electron chi connectivity index (χ2n) is 17.5. The van der Waals surface area contributed by atoms with Crippen molar-refractivity contribution in [1.82, 2.24) is 0 Å². The van der Waals surface area contributed by atoms with Crippen molar-refractivity contribution in [3.63, 3.8) is 0 Å². The Hall–Kier alpha value is 2.17. The quantitative estimate of drug-likeness (QED) is 0.228. The molecule has 0 N–H and O–H groups in total. The Morgan fingerprint density at radius 3 is 0.344 bits per heavy atom. The van der Waals surface area contributed by atoms with Gasteiger partial charge in [-0.15, -0.1) is 0 Å². The Morgan fingerprint density at radius 2 is 0.250 bits per heavy atom. The predicted molar refractivity (Wildman–Crippen MR) is 187 cm³/mol. The molecule has 0 saturated heterocycles. The third kappa shape index (κ3) is 4.52. The molecule has 0 saturated carbocycles. The molecule has 0 aliphatic carbocycles. The molecule has 0 fully saturated rings. The fourth-order valence-electron chi connectivity index (χ4n) is 6.56. The van der Waals surface area contributed by atoms with E-state index in [1.165, 1.54) is 0 Å². The average molecular weight is 612 g/mol. The molecule has 0 unspecified atom stereocenters. The molecule has 0 radical (unpaired) electrons. The average Bonchev–Trinajstić information content (AvgIpc) is 2.51. The van der Waals surface area contributed by atoms with Gasteiger partial charge in [0.25, 0.3) is 0 Å². The minimum absolute atomic E-state index is 1.10. The van der Waals surface area contributed by atoms with Crippen molar-refractivity contribution in [1.29, 1.82) is 0 Å². The van der Waals surface area contributed by atoms with Gasteiger partial charge in [-0.05, 0) is 0 Å². The maximum Gasteiger partial charge on any atom is 0.0354 e. The maximum absolute atomic E-state index is 2.98. The third-order valence-corrected chi connectivity index (χ3v) is 240. The topological polar surface area (TPSA) is 0 Å². The van der Waals surface area contributed by atoms with Crippen molar-refractivity contribution in [2.45, 2.75) is 144 Å². The molecular formula is C22H66Si10. The van der Waals surface area contributed by atoms with Crippen molar-refractivity contribution in [2.75, 3.05) is 0 Å². The zero-order valence-corrected chi connectivity index (χ0v) is 37.0. The molecule has 0 heterocycles. The van der Waals surface area contributed by atoms with Crippen LogP contribution in [0.15, 0.2) is 0 Å². The van der Waals surface area contributed by atoms with Crippen LogP contribution in [0.1, 0.15) is 0 Å². The zero-order chi connectivity index (χ0) is 27.0.